The van der Waals surface area contributed by atoms with Gasteiger partial charge in [-0.25, -0.2) is 0 Å². The van der Waals surface area contributed by atoms with Crippen LogP contribution in [0.4, 0.5) is 24.7 Å². The number of carbonyl (C=O) groups is 1. The largest absolute Gasteiger partial charge is 0.462 e. The fraction of sp³-hybridized carbons (Fsp3) is 0.562. The van der Waals surface area contributed by atoms with Gasteiger partial charge in [0.1, 0.15) is 12.4 Å². The second-order valence-electron chi connectivity index (χ2n) is 12.5. The lowest BCUT2D eigenvalue weighted by atomic mass is 10.0. The molecule has 0 radical (unpaired) electrons. The first-order chi connectivity index (χ1) is 22.3. The Labute approximate surface area is 277 Å². The number of alkyl halides is 3. The minimum absolute atomic E-state index is 0.0246. The van der Waals surface area contributed by atoms with Crippen LogP contribution in [0.25, 0.3) is 0 Å². The number of nitriles is 1. The second kappa shape index (κ2) is 14.6. The average Bonchev–Trinajstić information content (AvgIpc) is 3.34. The Kier molecular flexibility index (Phi) is 10.8. The highest BCUT2D eigenvalue weighted by Crippen LogP contribution is 2.43. The molecule has 2 aromatic rings. The summed E-state index contributed by atoms with van der Waals surface area (Å²) < 4.78 is 48.4. The van der Waals surface area contributed by atoms with Crippen molar-refractivity contribution < 1.29 is 27.8 Å². The van der Waals surface area contributed by atoms with Crippen LogP contribution in [0, 0.1) is 11.3 Å². The number of hydrogen-bond acceptors (Lipinski definition) is 10. The van der Waals surface area contributed by atoms with Gasteiger partial charge in [0.05, 0.1) is 53.1 Å². The maximum Gasteiger partial charge on any atom is 0.419 e. The monoisotopic (exact) mass is 676 g/mol. The number of carbonyl (C=O) groups excluding carboxylic acids is 1. The van der Waals surface area contributed by atoms with Gasteiger partial charge in [0.2, 0.25) is 5.91 Å². The lowest BCUT2D eigenvalue weighted by Crippen LogP contribution is -2.55. The molecule has 5 rings (SSSR count). The van der Waals surface area contributed by atoms with Gasteiger partial charge in [-0.05, 0) is 46.1 Å². The van der Waals surface area contributed by atoms with E-state index in [1.807, 2.05) is 35.8 Å². The summed E-state index contributed by atoms with van der Waals surface area (Å²) >= 11 is 6.05. The molecule has 0 bridgehead atoms. The summed E-state index contributed by atoms with van der Waals surface area (Å²) in [6.07, 6.45) is -0.760. The predicted molar refractivity (Wildman–Crippen MR) is 171 cm³/mol. The van der Waals surface area contributed by atoms with Crippen LogP contribution in [-0.2, 0) is 23.9 Å². The number of amides is 1. The fourth-order valence-corrected chi connectivity index (χ4v) is 6.75. The summed E-state index contributed by atoms with van der Waals surface area (Å²) in [7, 11) is 5.72. The number of likely N-dealkylation sites (tertiary alicyclic amines) is 1. The SMILES string of the molecule is CN(C)C/C=C/C(=O)N1CCN(c2nc(OC[C@@H]3C[C@@H](O)CN3C)nc3c2CCN(c2cccc(Cl)c2C(F)(F)F)C3)C[C@@H]1CC#N. The number of benzene rings is 1. The summed E-state index contributed by atoms with van der Waals surface area (Å²) in [6.45, 7) is 2.84. The molecule has 254 valence electrons. The molecule has 1 N–H and O–H groups in total. The van der Waals surface area contributed by atoms with Gasteiger partial charge in [-0.1, -0.05) is 23.7 Å². The Balaban J connectivity index is 1.45. The molecule has 3 aliphatic rings. The number of halogens is 4. The van der Waals surface area contributed by atoms with E-state index in [1.165, 1.54) is 24.3 Å². The molecule has 2 saturated heterocycles. The van der Waals surface area contributed by atoms with E-state index >= 15 is 0 Å². The van der Waals surface area contributed by atoms with Gasteiger partial charge >= 0.3 is 12.2 Å². The minimum Gasteiger partial charge on any atom is -0.462 e. The van der Waals surface area contributed by atoms with Crippen LogP contribution in [0.5, 0.6) is 6.01 Å². The number of nitrogens with zero attached hydrogens (tertiary/aromatic N) is 8. The maximum absolute atomic E-state index is 14.1. The van der Waals surface area contributed by atoms with Crippen molar-refractivity contribution in [2.24, 2.45) is 0 Å². The standard InChI is InChI=1S/C32H40ClF3N8O3/c1-40(2)12-5-8-28(46)44-15-14-43(17-21(44)9-11-37)30-24-10-13-42(27-7-4-6-25(33)29(27)32(34,35)36)19-26(24)38-31(39-30)47-20-22-16-23(45)18-41(22)3/h4-8,21-23,45H,9-10,12-20H2,1-3H3/b8-5+/t21-,22-,23+/m0/s1. The van der Waals surface area contributed by atoms with Crippen molar-refractivity contribution in [2.75, 3.05) is 76.8 Å². The third kappa shape index (κ3) is 8.09. The second-order valence-corrected chi connectivity index (χ2v) is 12.9. The third-order valence-electron chi connectivity index (χ3n) is 8.83. The van der Waals surface area contributed by atoms with Gasteiger partial charge in [0.25, 0.3) is 0 Å². The third-order valence-corrected chi connectivity index (χ3v) is 9.15. The van der Waals surface area contributed by atoms with Crippen molar-refractivity contribution in [2.45, 2.75) is 50.2 Å². The van der Waals surface area contributed by atoms with Crippen LogP contribution in [0.1, 0.15) is 29.7 Å². The van der Waals surface area contributed by atoms with Crippen LogP contribution in [-0.4, -0.2) is 121 Å². The molecule has 1 aromatic heterocycles. The zero-order valence-corrected chi connectivity index (χ0v) is 27.5. The molecule has 0 aliphatic carbocycles. The molecule has 3 atom stereocenters. The van der Waals surface area contributed by atoms with Crippen LogP contribution >= 0.6 is 11.6 Å². The quantitative estimate of drug-likeness (QED) is 0.398. The summed E-state index contributed by atoms with van der Waals surface area (Å²) in [6, 6.07) is 5.98. The first-order valence-corrected chi connectivity index (χ1v) is 16.0. The number of aliphatic hydroxyl groups is 1. The number of likely N-dealkylation sites (N-methyl/N-ethyl adjacent to an activating group) is 2. The van der Waals surface area contributed by atoms with Crippen molar-refractivity contribution in [3.05, 3.63) is 52.2 Å². The normalized spacial score (nSPS) is 22.2. The summed E-state index contributed by atoms with van der Waals surface area (Å²) in [5, 5.41) is 19.3. The predicted octanol–water partition coefficient (Wildman–Crippen LogP) is 3.20. The number of rotatable bonds is 9. The van der Waals surface area contributed by atoms with E-state index < -0.39 is 23.9 Å². The van der Waals surface area contributed by atoms with E-state index in [2.05, 4.69) is 11.1 Å². The summed E-state index contributed by atoms with van der Waals surface area (Å²) in [5.41, 5.74) is 0.409. The van der Waals surface area contributed by atoms with Crippen molar-refractivity contribution >= 4 is 29.0 Å². The Bertz CT molecular complexity index is 1520. The molecule has 1 aromatic carbocycles. The highest BCUT2D eigenvalue weighted by Gasteiger charge is 2.39. The Morgan fingerprint density at radius 3 is 2.66 bits per heavy atom. The number of β-amino-alcohol motifs (C(OH)–C–C–N with tert-alkyl or cyclic N) is 1. The van der Waals surface area contributed by atoms with E-state index in [0.29, 0.717) is 57.1 Å². The summed E-state index contributed by atoms with van der Waals surface area (Å²) in [4.78, 5) is 31.8. The molecule has 2 fully saturated rings. The number of aliphatic hydroxyl groups excluding tert-OH is 1. The number of ether oxygens (including phenoxy) is 1. The van der Waals surface area contributed by atoms with Gasteiger partial charge in [0, 0.05) is 56.9 Å². The van der Waals surface area contributed by atoms with Crippen LogP contribution in [0.3, 0.4) is 0 Å². The summed E-state index contributed by atoms with van der Waals surface area (Å²) in [5.74, 6) is 0.422. The number of piperazine rings is 1. The van der Waals surface area contributed by atoms with Crippen LogP contribution in [0.15, 0.2) is 30.4 Å². The zero-order chi connectivity index (χ0) is 33.9. The topological polar surface area (TPSA) is 112 Å². The first kappa shape index (κ1) is 34.7. The van der Waals surface area contributed by atoms with Gasteiger partial charge in [0.15, 0.2) is 0 Å². The van der Waals surface area contributed by atoms with E-state index in [-0.39, 0.29) is 54.8 Å². The Hall–Kier alpha value is -3.64. The molecule has 0 unspecified atom stereocenters. The molecule has 0 spiro atoms. The first-order valence-electron chi connectivity index (χ1n) is 15.6. The number of anilines is 2. The lowest BCUT2D eigenvalue weighted by molar-refractivity contribution is -0.137. The molecule has 1 amide bonds. The molecule has 11 nitrogen and oxygen atoms in total. The van der Waals surface area contributed by atoms with Crippen molar-refractivity contribution in [1.29, 1.82) is 5.26 Å². The minimum atomic E-state index is -4.65. The van der Waals surface area contributed by atoms with Crippen molar-refractivity contribution in [1.82, 2.24) is 24.7 Å². The molecular weight excluding hydrogens is 637 g/mol. The van der Waals surface area contributed by atoms with E-state index in [4.69, 9.17) is 21.3 Å². The van der Waals surface area contributed by atoms with Gasteiger partial charge in [-0.15, -0.1) is 0 Å². The highest BCUT2D eigenvalue weighted by molar-refractivity contribution is 6.31. The number of fused-ring (bicyclic) bond motifs is 1. The van der Waals surface area contributed by atoms with Gasteiger partial charge in [-0.3, -0.25) is 9.69 Å². The van der Waals surface area contributed by atoms with Crippen molar-refractivity contribution in [3.63, 3.8) is 0 Å². The maximum atomic E-state index is 14.1. The zero-order valence-electron chi connectivity index (χ0n) is 26.8. The van der Waals surface area contributed by atoms with Crippen LogP contribution in [0.2, 0.25) is 5.02 Å². The van der Waals surface area contributed by atoms with Crippen molar-refractivity contribution in [3.8, 4) is 12.1 Å². The molecule has 15 heteroatoms. The van der Waals surface area contributed by atoms with Crippen LogP contribution < -0.4 is 14.5 Å². The molecule has 4 heterocycles. The number of aromatic nitrogens is 2. The van der Waals surface area contributed by atoms with E-state index in [1.54, 1.807) is 15.9 Å². The smallest absolute Gasteiger partial charge is 0.419 e. The highest BCUT2D eigenvalue weighted by atomic mass is 35.5. The van der Waals surface area contributed by atoms with Gasteiger partial charge in [-0.2, -0.15) is 28.4 Å². The number of hydrogen-bond donors (Lipinski definition) is 1. The van der Waals surface area contributed by atoms with E-state index in [9.17, 15) is 28.3 Å². The molecular formula is C32H40ClF3N8O3. The van der Waals surface area contributed by atoms with E-state index in [0.717, 1.165) is 5.56 Å². The Morgan fingerprint density at radius 1 is 1.19 bits per heavy atom. The van der Waals surface area contributed by atoms with Gasteiger partial charge < -0.3 is 29.4 Å². The molecule has 47 heavy (non-hydrogen) atoms. The Morgan fingerprint density at radius 2 is 1.98 bits per heavy atom. The average molecular weight is 677 g/mol. The lowest BCUT2D eigenvalue weighted by Gasteiger charge is -2.42. The molecule has 3 aliphatic heterocycles. The fourth-order valence-electron chi connectivity index (χ4n) is 6.47. The molecule has 0 saturated carbocycles.